The fourth-order valence-electron chi connectivity index (χ4n) is 2.35. The minimum atomic E-state index is -0.135. The number of rotatable bonds is 3. The van der Waals surface area contributed by atoms with Crippen molar-refractivity contribution in [2.75, 3.05) is 11.6 Å². The summed E-state index contributed by atoms with van der Waals surface area (Å²) in [5.41, 5.74) is 0.0961. The van der Waals surface area contributed by atoms with Gasteiger partial charge in [0.05, 0.1) is 6.04 Å². The second kappa shape index (κ2) is 4.96. The highest BCUT2D eigenvalue weighted by molar-refractivity contribution is 7.99. The molecule has 1 fully saturated rings. The molecule has 94 valence electrons. The summed E-state index contributed by atoms with van der Waals surface area (Å²) in [5, 5.41) is 6.33. The predicted molar refractivity (Wildman–Crippen MR) is 70.5 cm³/mol. The van der Waals surface area contributed by atoms with E-state index in [-0.39, 0.29) is 22.9 Å². The van der Waals surface area contributed by atoms with Crippen LogP contribution in [0.5, 0.6) is 0 Å². The van der Waals surface area contributed by atoms with Crippen LogP contribution in [-0.2, 0) is 4.79 Å². The van der Waals surface area contributed by atoms with E-state index in [1.54, 1.807) is 11.8 Å². The van der Waals surface area contributed by atoms with Crippen molar-refractivity contribution >= 4 is 17.7 Å². The molecule has 1 atom stereocenters. The van der Waals surface area contributed by atoms with Crippen molar-refractivity contribution in [1.29, 1.82) is 0 Å². The Morgan fingerprint density at radius 1 is 1.38 bits per heavy atom. The van der Waals surface area contributed by atoms with Crippen LogP contribution in [-0.4, -0.2) is 29.1 Å². The molecule has 0 aromatic carbocycles. The third-order valence-corrected chi connectivity index (χ3v) is 3.41. The summed E-state index contributed by atoms with van der Waals surface area (Å²) in [5.74, 6) is 1.91. The molecule has 1 heterocycles. The van der Waals surface area contributed by atoms with Gasteiger partial charge in [-0.15, -0.1) is 11.8 Å². The minimum Gasteiger partial charge on any atom is -0.350 e. The van der Waals surface area contributed by atoms with Gasteiger partial charge < -0.3 is 5.32 Å². The van der Waals surface area contributed by atoms with Crippen LogP contribution >= 0.6 is 11.8 Å². The fraction of sp³-hybridized carbons (Fsp3) is 0.917. The molecule has 16 heavy (non-hydrogen) atoms. The highest BCUT2D eigenvalue weighted by Crippen LogP contribution is 2.27. The second-order valence-corrected chi connectivity index (χ2v) is 7.41. The lowest BCUT2D eigenvalue weighted by Crippen LogP contribution is -2.52. The molecular weight excluding hydrogens is 220 g/mol. The van der Waals surface area contributed by atoms with Crippen molar-refractivity contribution in [3.8, 4) is 0 Å². The molecule has 1 aliphatic rings. The summed E-state index contributed by atoms with van der Waals surface area (Å²) < 4.78 is 0. The molecule has 1 saturated heterocycles. The molecule has 2 N–H and O–H groups in total. The van der Waals surface area contributed by atoms with Gasteiger partial charge in [-0.3, -0.25) is 10.1 Å². The number of thioether (sulfide) groups is 1. The Balaban J connectivity index is 2.48. The minimum absolute atomic E-state index is 0.00996. The Kier molecular flexibility index (Phi) is 4.29. The standard InChI is InChI=1S/C12H24N2OS/c1-11(2,3)7-12(4,5)14-10(15)9-6-16-8-13-9/h9,13H,6-8H2,1-5H3,(H,14,15). The molecule has 0 aliphatic carbocycles. The zero-order chi connectivity index (χ0) is 12.4. The van der Waals surface area contributed by atoms with E-state index in [4.69, 9.17) is 0 Å². The van der Waals surface area contributed by atoms with Gasteiger partial charge in [0.1, 0.15) is 0 Å². The van der Waals surface area contributed by atoms with Crippen LogP contribution in [0.2, 0.25) is 0 Å². The SMILES string of the molecule is CC(C)(C)CC(C)(C)NC(=O)C1CSCN1. The van der Waals surface area contributed by atoms with Gasteiger partial charge in [-0.2, -0.15) is 0 Å². The van der Waals surface area contributed by atoms with Crippen molar-refractivity contribution in [2.24, 2.45) is 5.41 Å². The molecule has 0 bridgehead atoms. The van der Waals surface area contributed by atoms with Crippen molar-refractivity contribution in [3.63, 3.8) is 0 Å². The van der Waals surface area contributed by atoms with Crippen LogP contribution in [0.1, 0.15) is 41.0 Å². The van der Waals surface area contributed by atoms with Gasteiger partial charge in [0.25, 0.3) is 0 Å². The maximum Gasteiger partial charge on any atom is 0.238 e. The van der Waals surface area contributed by atoms with Gasteiger partial charge in [0.2, 0.25) is 5.91 Å². The van der Waals surface area contributed by atoms with E-state index in [0.717, 1.165) is 18.1 Å². The van der Waals surface area contributed by atoms with Crippen LogP contribution < -0.4 is 10.6 Å². The quantitative estimate of drug-likeness (QED) is 0.797. The largest absolute Gasteiger partial charge is 0.350 e. The Morgan fingerprint density at radius 2 is 2.00 bits per heavy atom. The summed E-state index contributed by atoms with van der Waals surface area (Å²) in [6, 6.07) is -0.00996. The van der Waals surface area contributed by atoms with Crippen LogP contribution in [0, 0.1) is 5.41 Å². The number of nitrogens with one attached hydrogen (secondary N) is 2. The van der Waals surface area contributed by atoms with Gasteiger partial charge in [-0.1, -0.05) is 20.8 Å². The number of hydrogen-bond acceptors (Lipinski definition) is 3. The van der Waals surface area contributed by atoms with E-state index >= 15 is 0 Å². The van der Waals surface area contributed by atoms with Gasteiger partial charge in [0.15, 0.2) is 0 Å². The Labute approximate surface area is 103 Å². The first-order chi connectivity index (χ1) is 7.20. The average Bonchev–Trinajstić information content (AvgIpc) is 2.48. The second-order valence-electron chi connectivity index (χ2n) is 6.38. The zero-order valence-corrected chi connectivity index (χ0v) is 11.8. The average molecular weight is 244 g/mol. The van der Waals surface area contributed by atoms with Crippen molar-refractivity contribution in [2.45, 2.75) is 52.6 Å². The Bertz CT molecular complexity index is 252. The molecule has 1 aliphatic heterocycles. The summed E-state index contributed by atoms with van der Waals surface area (Å²) in [6.07, 6.45) is 0.978. The summed E-state index contributed by atoms with van der Waals surface area (Å²) >= 11 is 1.78. The first-order valence-corrected chi connectivity index (χ1v) is 6.98. The Hall–Kier alpha value is -0.220. The normalized spacial score (nSPS) is 22.2. The predicted octanol–water partition coefficient (Wildman–Crippen LogP) is 1.98. The summed E-state index contributed by atoms with van der Waals surface area (Å²) in [7, 11) is 0. The molecule has 4 heteroatoms. The van der Waals surface area contributed by atoms with Gasteiger partial charge in [-0.25, -0.2) is 0 Å². The maximum absolute atomic E-state index is 12.0. The zero-order valence-electron chi connectivity index (χ0n) is 11.0. The monoisotopic (exact) mass is 244 g/mol. The first-order valence-electron chi connectivity index (χ1n) is 5.83. The van der Waals surface area contributed by atoms with E-state index in [9.17, 15) is 4.79 Å². The number of carbonyl (C=O) groups excluding carboxylic acids is 1. The van der Waals surface area contributed by atoms with Crippen LogP contribution in [0.15, 0.2) is 0 Å². The van der Waals surface area contributed by atoms with E-state index in [2.05, 4.69) is 45.3 Å². The van der Waals surface area contributed by atoms with E-state index in [1.165, 1.54) is 0 Å². The lowest BCUT2D eigenvalue weighted by Gasteiger charge is -2.34. The maximum atomic E-state index is 12.0. The lowest BCUT2D eigenvalue weighted by molar-refractivity contribution is -0.124. The summed E-state index contributed by atoms with van der Waals surface area (Å²) in [6.45, 7) is 10.8. The molecule has 0 saturated carbocycles. The number of carbonyl (C=O) groups is 1. The number of amides is 1. The molecule has 0 spiro atoms. The smallest absolute Gasteiger partial charge is 0.238 e. The summed E-state index contributed by atoms with van der Waals surface area (Å²) in [4.78, 5) is 12.0. The van der Waals surface area contributed by atoms with Crippen molar-refractivity contribution in [3.05, 3.63) is 0 Å². The molecule has 3 nitrogen and oxygen atoms in total. The third kappa shape index (κ3) is 4.74. The molecular formula is C12H24N2OS. The van der Waals surface area contributed by atoms with E-state index in [0.29, 0.717) is 0 Å². The molecule has 1 rings (SSSR count). The van der Waals surface area contributed by atoms with Crippen LogP contribution in [0.3, 0.4) is 0 Å². The molecule has 0 radical (unpaired) electrons. The van der Waals surface area contributed by atoms with E-state index in [1.807, 2.05) is 0 Å². The van der Waals surface area contributed by atoms with Crippen LogP contribution in [0.25, 0.3) is 0 Å². The van der Waals surface area contributed by atoms with Gasteiger partial charge in [0, 0.05) is 17.2 Å². The van der Waals surface area contributed by atoms with E-state index < -0.39 is 0 Å². The highest BCUT2D eigenvalue weighted by Gasteiger charge is 2.30. The lowest BCUT2D eigenvalue weighted by atomic mass is 9.81. The third-order valence-electron chi connectivity index (χ3n) is 2.47. The van der Waals surface area contributed by atoms with Gasteiger partial charge in [-0.05, 0) is 25.7 Å². The molecule has 0 aromatic heterocycles. The highest BCUT2D eigenvalue weighted by atomic mass is 32.2. The molecule has 1 unspecified atom stereocenters. The fourth-order valence-corrected chi connectivity index (χ4v) is 3.30. The van der Waals surface area contributed by atoms with Crippen molar-refractivity contribution in [1.82, 2.24) is 10.6 Å². The Morgan fingerprint density at radius 3 is 2.44 bits per heavy atom. The van der Waals surface area contributed by atoms with Crippen molar-refractivity contribution < 1.29 is 4.79 Å². The number of hydrogen-bond donors (Lipinski definition) is 2. The van der Waals surface area contributed by atoms with Gasteiger partial charge >= 0.3 is 0 Å². The topological polar surface area (TPSA) is 41.1 Å². The van der Waals surface area contributed by atoms with Crippen LogP contribution in [0.4, 0.5) is 0 Å². The molecule has 1 amide bonds. The first kappa shape index (κ1) is 13.8. The molecule has 0 aromatic rings.